The van der Waals surface area contributed by atoms with Crippen LogP contribution in [-0.2, 0) is 0 Å². The highest BCUT2D eigenvalue weighted by molar-refractivity contribution is 7.18. The highest BCUT2D eigenvalue weighted by Gasteiger charge is 2.29. The topological polar surface area (TPSA) is 51.1 Å². The molecule has 0 aromatic carbocycles. The quantitative estimate of drug-likeness (QED) is 0.690. The number of fused-ring (bicyclic) bond motifs is 1. The largest absolute Gasteiger partial charge is 0.489 e. The van der Waals surface area contributed by atoms with Crippen molar-refractivity contribution in [2.75, 3.05) is 13.1 Å². The number of hydrogen-bond donors (Lipinski definition) is 0. The first kappa shape index (κ1) is 17.4. The summed E-state index contributed by atoms with van der Waals surface area (Å²) in [4.78, 5) is 16.2. The van der Waals surface area contributed by atoms with Gasteiger partial charge in [-0.15, -0.1) is 11.3 Å². The normalized spacial score (nSPS) is 19.2. The summed E-state index contributed by atoms with van der Waals surface area (Å²) < 4.78 is 7.37. The first-order valence-corrected chi connectivity index (χ1v) is 9.89. The van der Waals surface area contributed by atoms with Gasteiger partial charge in [0, 0.05) is 42.7 Å². The van der Waals surface area contributed by atoms with Crippen molar-refractivity contribution in [1.82, 2.24) is 19.9 Å². The molecular formula is C20H24N4OS. The Morgan fingerprint density at radius 1 is 1.12 bits per heavy atom. The van der Waals surface area contributed by atoms with Gasteiger partial charge in [0.05, 0.1) is 15.4 Å². The Bertz CT molecular complexity index is 918. The third-order valence-corrected chi connectivity index (χ3v) is 5.82. The molecule has 0 bridgehead atoms. The molecule has 26 heavy (non-hydrogen) atoms. The van der Waals surface area contributed by atoms with Crippen molar-refractivity contribution in [3.05, 3.63) is 46.4 Å². The van der Waals surface area contributed by atoms with E-state index in [2.05, 4.69) is 33.9 Å². The monoisotopic (exact) mass is 368 g/mol. The number of nitrogens with zero attached hydrogens (tertiary/aromatic N) is 4. The van der Waals surface area contributed by atoms with E-state index in [9.17, 15) is 0 Å². The first-order chi connectivity index (χ1) is 12.5. The van der Waals surface area contributed by atoms with Gasteiger partial charge < -0.3 is 4.74 Å². The summed E-state index contributed by atoms with van der Waals surface area (Å²) in [6.45, 7) is 10.2. The summed E-state index contributed by atoms with van der Waals surface area (Å²) >= 11 is 1.70. The van der Waals surface area contributed by atoms with E-state index in [1.807, 2.05) is 32.9 Å². The highest BCUT2D eigenvalue weighted by Crippen LogP contribution is 2.28. The number of aryl methyl sites for hydroxylation is 3. The Hall–Kier alpha value is -2.05. The Kier molecular flexibility index (Phi) is 4.63. The number of rotatable bonds is 4. The molecule has 136 valence electrons. The van der Waals surface area contributed by atoms with Gasteiger partial charge in [-0.1, -0.05) is 0 Å². The van der Waals surface area contributed by atoms with Crippen LogP contribution in [0.15, 0.2) is 24.3 Å². The lowest BCUT2D eigenvalue weighted by Crippen LogP contribution is -2.28. The van der Waals surface area contributed by atoms with Crippen LogP contribution in [0, 0.1) is 20.8 Å². The van der Waals surface area contributed by atoms with Crippen LogP contribution in [0.3, 0.4) is 0 Å². The summed E-state index contributed by atoms with van der Waals surface area (Å²) in [5, 5.41) is 1.06. The molecule has 1 fully saturated rings. The molecule has 3 aromatic heterocycles. The average Bonchev–Trinajstić information content (AvgIpc) is 3.17. The summed E-state index contributed by atoms with van der Waals surface area (Å²) in [5.41, 5.74) is 3.95. The smallest absolute Gasteiger partial charge is 0.170 e. The molecule has 1 aliphatic heterocycles. The highest BCUT2D eigenvalue weighted by atomic mass is 32.1. The van der Waals surface area contributed by atoms with Crippen LogP contribution >= 0.6 is 11.3 Å². The number of pyridine rings is 2. The van der Waals surface area contributed by atoms with E-state index >= 15 is 0 Å². The van der Waals surface area contributed by atoms with Crippen molar-refractivity contribution in [2.45, 2.75) is 46.3 Å². The number of likely N-dealkylation sites (tertiary alicyclic amines) is 1. The molecular weight excluding hydrogens is 344 g/mol. The molecule has 2 atom stereocenters. The molecule has 0 N–H and O–H groups in total. The Morgan fingerprint density at radius 3 is 2.65 bits per heavy atom. The Balaban J connectivity index is 1.45. The van der Waals surface area contributed by atoms with Crippen molar-refractivity contribution < 1.29 is 4.74 Å². The molecule has 0 aliphatic carbocycles. The zero-order valence-electron chi connectivity index (χ0n) is 15.7. The van der Waals surface area contributed by atoms with Crippen molar-refractivity contribution in [3.8, 4) is 5.75 Å². The van der Waals surface area contributed by atoms with E-state index in [-0.39, 0.29) is 12.1 Å². The van der Waals surface area contributed by atoms with E-state index in [4.69, 9.17) is 9.72 Å². The maximum absolute atomic E-state index is 6.21. The molecule has 0 saturated carbocycles. The summed E-state index contributed by atoms with van der Waals surface area (Å²) in [5.74, 6) is 0.923. The third kappa shape index (κ3) is 3.57. The van der Waals surface area contributed by atoms with E-state index in [0.717, 1.165) is 57.7 Å². The number of thiazole rings is 1. The van der Waals surface area contributed by atoms with Gasteiger partial charge in [-0.25, -0.2) is 9.97 Å². The summed E-state index contributed by atoms with van der Waals surface area (Å²) in [6, 6.07) is 8.56. The molecule has 0 spiro atoms. The lowest BCUT2D eigenvalue weighted by atomic mass is 10.2. The standard InChI is InChI=1S/C20H24N4OS/c1-12-9-17(10-13(2)21-12)25-16-7-8-24(11-16)14(3)18-5-6-19-20(23-18)22-15(4)26-19/h5-6,9-10,14,16H,7-8,11H2,1-4H3/t14-,16?/m0/s1. The van der Waals surface area contributed by atoms with Crippen LogP contribution in [0.2, 0.25) is 0 Å². The molecule has 6 heteroatoms. The molecule has 4 rings (SSSR count). The zero-order valence-corrected chi connectivity index (χ0v) is 16.5. The third-order valence-electron chi connectivity index (χ3n) is 4.89. The second-order valence-electron chi connectivity index (χ2n) is 7.08. The van der Waals surface area contributed by atoms with Crippen molar-refractivity contribution >= 4 is 21.7 Å². The average molecular weight is 369 g/mol. The van der Waals surface area contributed by atoms with Crippen LogP contribution in [0.4, 0.5) is 0 Å². The summed E-state index contributed by atoms with van der Waals surface area (Å²) in [6.07, 6.45) is 1.24. The molecule has 0 radical (unpaired) electrons. The minimum absolute atomic E-state index is 0.212. The Morgan fingerprint density at radius 2 is 1.88 bits per heavy atom. The fourth-order valence-electron chi connectivity index (χ4n) is 3.62. The van der Waals surface area contributed by atoms with Gasteiger partial charge in [0.1, 0.15) is 11.9 Å². The molecule has 4 heterocycles. The number of hydrogen-bond acceptors (Lipinski definition) is 6. The van der Waals surface area contributed by atoms with Crippen molar-refractivity contribution in [1.29, 1.82) is 0 Å². The molecule has 3 aromatic rings. The fraction of sp³-hybridized carbons (Fsp3) is 0.450. The maximum atomic E-state index is 6.21. The van der Waals surface area contributed by atoms with E-state index < -0.39 is 0 Å². The van der Waals surface area contributed by atoms with Crippen LogP contribution in [0.1, 0.15) is 41.5 Å². The van der Waals surface area contributed by atoms with Crippen LogP contribution in [-0.4, -0.2) is 39.0 Å². The van der Waals surface area contributed by atoms with Crippen molar-refractivity contribution in [3.63, 3.8) is 0 Å². The van der Waals surface area contributed by atoms with Gasteiger partial charge in [0.25, 0.3) is 0 Å². The van der Waals surface area contributed by atoms with Gasteiger partial charge in [0.2, 0.25) is 0 Å². The predicted molar refractivity (Wildman–Crippen MR) is 105 cm³/mol. The molecule has 1 saturated heterocycles. The van der Waals surface area contributed by atoms with E-state index in [0.29, 0.717) is 0 Å². The molecule has 1 aliphatic rings. The van der Waals surface area contributed by atoms with Crippen LogP contribution < -0.4 is 4.74 Å². The Labute approximate surface area is 158 Å². The maximum Gasteiger partial charge on any atom is 0.170 e. The second kappa shape index (κ2) is 6.93. The van der Waals surface area contributed by atoms with E-state index in [1.165, 1.54) is 0 Å². The number of aromatic nitrogens is 3. The van der Waals surface area contributed by atoms with Gasteiger partial charge in [-0.2, -0.15) is 0 Å². The van der Waals surface area contributed by atoms with Crippen LogP contribution in [0.25, 0.3) is 10.3 Å². The van der Waals surface area contributed by atoms with Crippen molar-refractivity contribution in [2.24, 2.45) is 0 Å². The second-order valence-corrected chi connectivity index (χ2v) is 8.31. The minimum Gasteiger partial charge on any atom is -0.489 e. The van der Waals surface area contributed by atoms with Gasteiger partial charge in [-0.3, -0.25) is 9.88 Å². The lowest BCUT2D eigenvalue weighted by Gasteiger charge is -2.24. The van der Waals surface area contributed by atoms with Gasteiger partial charge in [0.15, 0.2) is 5.65 Å². The molecule has 1 unspecified atom stereocenters. The molecule has 5 nitrogen and oxygen atoms in total. The van der Waals surface area contributed by atoms with Crippen LogP contribution in [0.5, 0.6) is 5.75 Å². The zero-order chi connectivity index (χ0) is 18.3. The first-order valence-electron chi connectivity index (χ1n) is 9.08. The SMILES string of the molecule is Cc1cc(OC2CCN([C@@H](C)c3ccc4sc(C)nc4n3)C2)cc(C)n1. The van der Waals surface area contributed by atoms with E-state index in [1.54, 1.807) is 11.3 Å². The number of ether oxygens (including phenoxy) is 1. The minimum atomic E-state index is 0.212. The predicted octanol–water partition coefficient (Wildman–Crippen LogP) is 4.23. The summed E-state index contributed by atoms with van der Waals surface area (Å²) in [7, 11) is 0. The van der Waals surface area contributed by atoms with Gasteiger partial charge >= 0.3 is 0 Å². The molecule has 0 amide bonds. The van der Waals surface area contributed by atoms with Gasteiger partial charge in [-0.05, 0) is 46.2 Å². The fourth-order valence-corrected chi connectivity index (χ4v) is 4.39. The lowest BCUT2D eigenvalue weighted by molar-refractivity contribution is 0.181.